The molecule has 5 nitrogen and oxygen atoms in total. The van der Waals surface area contributed by atoms with Gasteiger partial charge in [0.2, 0.25) is 0 Å². The van der Waals surface area contributed by atoms with Crippen LogP contribution in [0.2, 0.25) is 0 Å². The van der Waals surface area contributed by atoms with Gasteiger partial charge in [0.05, 0.1) is 11.1 Å². The average molecular weight is 289 g/mol. The van der Waals surface area contributed by atoms with Crippen molar-refractivity contribution in [2.75, 3.05) is 20.8 Å². The molecular formula is C16H19NO4. The second kappa shape index (κ2) is 4.64. The van der Waals surface area contributed by atoms with Crippen LogP contribution in [-0.4, -0.2) is 43.3 Å². The number of rotatable bonds is 4. The Morgan fingerprint density at radius 1 is 1.05 bits per heavy atom. The topological polar surface area (TPSA) is 55.8 Å². The first-order valence-corrected chi connectivity index (χ1v) is 6.99. The van der Waals surface area contributed by atoms with Gasteiger partial charge in [-0.25, -0.2) is 0 Å². The van der Waals surface area contributed by atoms with Crippen LogP contribution in [0.4, 0.5) is 0 Å². The SMILES string of the molecule is COC1(OC)CC(C)(CN2C(=O)c3ccccc3C2=O)C1. The van der Waals surface area contributed by atoms with Crippen LogP contribution in [0.25, 0.3) is 0 Å². The molecule has 21 heavy (non-hydrogen) atoms. The summed E-state index contributed by atoms with van der Waals surface area (Å²) in [7, 11) is 3.23. The molecule has 1 aliphatic heterocycles. The number of ether oxygens (including phenoxy) is 2. The summed E-state index contributed by atoms with van der Waals surface area (Å²) in [5.41, 5.74) is 0.824. The van der Waals surface area contributed by atoms with Crippen molar-refractivity contribution >= 4 is 11.8 Å². The van der Waals surface area contributed by atoms with Gasteiger partial charge in [0, 0.05) is 33.6 Å². The highest BCUT2D eigenvalue weighted by molar-refractivity contribution is 6.21. The van der Waals surface area contributed by atoms with E-state index in [0.29, 0.717) is 30.5 Å². The van der Waals surface area contributed by atoms with Gasteiger partial charge in [-0.05, 0) is 17.5 Å². The summed E-state index contributed by atoms with van der Waals surface area (Å²) in [5, 5.41) is 0. The number of imide groups is 1. The van der Waals surface area contributed by atoms with Crippen molar-refractivity contribution in [3.05, 3.63) is 35.4 Å². The third-order valence-electron chi connectivity index (χ3n) is 4.55. The van der Waals surface area contributed by atoms with Crippen LogP contribution >= 0.6 is 0 Å². The quantitative estimate of drug-likeness (QED) is 0.629. The molecule has 2 amide bonds. The van der Waals surface area contributed by atoms with E-state index in [4.69, 9.17) is 9.47 Å². The molecule has 3 rings (SSSR count). The summed E-state index contributed by atoms with van der Waals surface area (Å²) in [6.07, 6.45) is 1.33. The van der Waals surface area contributed by atoms with E-state index in [9.17, 15) is 9.59 Å². The fraction of sp³-hybridized carbons (Fsp3) is 0.500. The smallest absolute Gasteiger partial charge is 0.261 e. The predicted octanol–water partition coefficient (Wildman–Crippen LogP) is 2.07. The number of hydrogen-bond acceptors (Lipinski definition) is 4. The monoisotopic (exact) mass is 289 g/mol. The van der Waals surface area contributed by atoms with Gasteiger partial charge in [0.15, 0.2) is 5.79 Å². The zero-order valence-corrected chi connectivity index (χ0v) is 12.5. The number of benzene rings is 1. The molecular weight excluding hydrogens is 270 g/mol. The molecule has 2 aliphatic rings. The number of hydrogen-bond donors (Lipinski definition) is 0. The molecule has 0 radical (unpaired) electrons. The summed E-state index contributed by atoms with van der Waals surface area (Å²) < 4.78 is 10.8. The van der Waals surface area contributed by atoms with Gasteiger partial charge in [-0.3, -0.25) is 14.5 Å². The largest absolute Gasteiger partial charge is 0.353 e. The van der Waals surface area contributed by atoms with E-state index in [1.807, 2.05) is 6.92 Å². The molecule has 0 aromatic heterocycles. The van der Waals surface area contributed by atoms with Crippen molar-refractivity contribution in [1.82, 2.24) is 4.90 Å². The van der Waals surface area contributed by atoms with Crippen LogP contribution in [0.3, 0.4) is 0 Å². The lowest BCUT2D eigenvalue weighted by atomic mass is 9.65. The lowest BCUT2D eigenvalue weighted by molar-refractivity contribution is -0.294. The highest BCUT2D eigenvalue weighted by Gasteiger charge is 2.55. The number of fused-ring (bicyclic) bond motifs is 1. The number of nitrogens with zero attached hydrogens (tertiary/aromatic N) is 1. The number of methoxy groups -OCH3 is 2. The minimum Gasteiger partial charge on any atom is -0.353 e. The Kier molecular flexibility index (Phi) is 3.15. The summed E-state index contributed by atoms with van der Waals surface area (Å²) in [5.74, 6) is -0.985. The van der Waals surface area contributed by atoms with Gasteiger partial charge < -0.3 is 9.47 Å². The minimum atomic E-state index is -0.576. The molecule has 0 atom stereocenters. The van der Waals surface area contributed by atoms with E-state index in [2.05, 4.69) is 0 Å². The molecule has 1 heterocycles. The fourth-order valence-corrected chi connectivity index (χ4v) is 3.50. The second-order valence-corrected chi connectivity index (χ2v) is 6.23. The van der Waals surface area contributed by atoms with Crippen LogP contribution in [0.1, 0.15) is 40.5 Å². The lowest BCUT2D eigenvalue weighted by Crippen LogP contribution is -2.57. The molecule has 1 aromatic rings. The normalized spacial score (nSPS) is 22.1. The van der Waals surface area contributed by atoms with Crippen molar-refractivity contribution in [2.45, 2.75) is 25.6 Å². The average Bonchev–Trinajstić information content (AvgIpc) is 2.70. The molecule has 0 N–H and O–H groups in total. The van der Waals surface area contributed by atoms with E-state index in [0.717, 1.165) is 0 Å². The molecule has 112 valence electrons. The van der Waals surface area contributed by atoms with Gasteiger partial charge in [-0.15, -0.1) is 0 Å². The minimum absolute atomic E-state index is 0.167. The summed E-state index contributed by atoms with van der Waals surface area (Å²) >= 11 is 0. The molecule has 1 saturated carbocycles. The van der Waals surface area contributed by atoms with Crippen molar-refractivity contribution < 1.29 is 19.1 Å². The Balaban J connectivity index is 1.76. The maximum Gasteiger partial charge on any atom is 0.261 e. The number of amides is 2. The van der Waals surface area contributed by atoms with Gasteiger partial charge in [0.1, 0.15) is 0 Å². The Labute approximate surface area is 123 Å². The van der Waals surface area contributed by atoms with Crippen LogP contribution in [0, 0.1) is 5.41 Å². The number of carbonyl (C=O) groups is 2. The van der Waals surface area contributed by atoms with Crippen molar-refractivity contribution in [2.24, 2.45) is 5.41 Å². The summed E-state index contributed by atoms with van der Waals surface area (Å²) in [6, 6.07) is 6.96. The highest BCUT2D eigenvalue weighted by atomic mass is 16.7. The summed E-state index contributed by atoms with van der Waals surface area (Å²) in [4.78, 5) is 26.1. The van der Waals surface area contributed by atoms with E-state index < -0.39 is 5.79 Å². The van der Waals surface area contributed by atoms with Gasteiger partial charge >= 0.3 is 0 Å². The van der Waals surface area contributed by atoms with Crippen LogP contribution in [0.15, 0.2) is 24.3 Å². The Hall–Kier alpha value is -1.72. The van der Waals surface area contributed by atoms with Gasteiger partial charge in [-0.2, -0.15) is 0 Å². The van der Waals surface area contributed by atoms with Crippen molar-refractivity contribution in [3.8, 4) is 0 Å². The van der Waals surface area contributed by atoms with E-state index in [1.54, 1.807) is 38.5 Å². The predicted molar refractivity (Wildman–Crippen MR) is 75.9 cm³/mol. The third-order valence-corrected chi connectivity index (χ3v) is 4.55. The zero-order valence-electron chi connectivity index (χ0n) is 12.5. The molecule has 1 aromatic carbocycles. The molecule has 0 saturated heterocycles. The van der Waals surface area contributed by atoms with Gasteiger partial charge in [0.25, 0.3) is 11.8 Å². The first kappa shape index (κ1) is 14.2. The van der Waals surface area contributed by atoms with E-state index >= 15 is 0 Å². The molecule has 0 bridgehead atoms. The van der Waals surface area contributed by atoms with Crippen molar-refractivity contribution in [1.29, 1.82) is 0 Å². The van der Waals surface area contributed by atoms with Crippen LogP contribution < -0.4 is 0 Å². The standard InChI is InChI=1S/C16H19NO4/c1-15(8-16(9-15,20-2)21-3)10-17-13(18)11-6-4-5-7-12(11)14(17)19/h4-7H,8-10H2,1-3H3. The van der Waals surface area contributed by atoms with Crippen LogP contribution in [-0.2, 0) is 9.47 Å². The molecule has 1 fully saturated rings. The first-order valence-electron chi connectivity index (χ1n) is 6.99. The summed E-state index contributed by atoms with van der Waals surface area (Å²) in [6.45, 7) is 2.45. The second-order valence-electron chi connectivity index (χ2n) is 6.23. The van der Waals surface area contributed by atoms with Crippen LogP contribution in [0.5, 0.6) is 0 Å². The fourth-order valence-electron chi connectivity index (χ4n) is 3.50. The maximum absolute atomic E-state index is 12.4. The first-order chi connectivity index (χ1) is 9.94. The molecule has 5 heteroatoms. The van der Waals surface area contributed by atoms with Gasteiger partial charge in [-0.1, -0.05) is 19.1 Å². The Morgan fingerprint density at radius 2 is 1.52 bits per heavy atom. The number of carbonyl (C=O) groups excluding carboxylic acids is 2. The molecule has 1 aliphatic carbocycles. The molecule has 0 unspecified atom stereocenters. The Bertz CT molecular complexity index is 563. The zero-order chi connectivity index (χ0) is 15.3. The Morgan fingerprint density at radius 3 is 1.95 bits per heavy atom. The molecule has 0 spiro atoms. The maximum atomic E-state index is 12.4. The van der Waals surface area contributed by atoms with Crippen molar-refractivity contribution in [3.63, 3.8) is 0 Å². The lowest BCUT2D eigenvalue weighted by Gasteiger charge is -2.53. The third kappa shape index (κ3) is 2.08. The van der Waals surface area contributed by atoms with E-state index in [1.165, 1.54) is 4.90 Å². The van der Waals surface area contributed by atoms with E-state index in [-0.39, 0.29) is 17.2 Å². The highest BCUT2D eigenvalue weighted by Crippen LogP contribution is 2.51.